The van der Waals surface area contributed by atoms with Crippen molar-refractivity contribution in [1.29, 1.82) is 0 Å². The van der Waals surface area contributed by atoms with E-state index in [-0.39, 0.29) is 0 Å². The minimum atomic E-state index is 0.605. The van der Waals surface area contributed by atoms with Gasteiger partial charge in [0.2, 0.25) is 0 Å². The smallest absolute Gasteiger partial charge is 0.115 e. The Bertz CT molecular complexity index is 270. The third-order valence-electron chi connectivity index (χ3n) is 2.42. The van der Waals surface area contributed by atoms with Gasteiger partial charge in [-0.3, -0.25) is 0 Å². The molecule has 0 amide bonds. The highest BCUT2D eigenvalue weighted by Gasteiger charge is 2.22. The second kappa shape index (κ2) is 3.19. The van der Waals surface area contributed by atoms with Gasteiger partial charge in [-0.15, -0.1) is 0 Å². The maximum atomic E-state index is 4.31. The molecule has 1 unspecified atom stereocenters. The number of likely N-dealkylation sites (N-methyl/N-ethyl adjacent to an activating group) is 1. The standard InChI is InChI=1S/C9H13N3/c1-10-4-7-2-3-8-5-11-6-12-9(7)8/h5-7,10H,2-4H2,1H3. The van der Waals surface area contributed by atoms with E-state index in [0.29, 0.717) is 5.92 Å². The van der Waals surface area contributed by atoms with Crippen molar-refractivity contribution in [1.82, 2.24) is 15.3 Å². The molecule has 0 fully saturated rings. The van der Waals surface area contributed by atoms with E-state index in [0.717, 1.165) is 13.0 Å². The van der Waals surface area contributed by atoms with Crippen molar-refractivity contribution in [3.63, 3.8) is 0 Å². The van der Waals surface area contributed by atoms with Crippen molar-refractivity contribution in [2.75, 3.05) is 13.6 Å². The van der Waals surface area contributed by atoms with Crippen molar-refractivity contribution in [3.05, 3.63) is 23.8 Å². The molecule has 1 aliphatic rings. The van der Waals surface area contributed by atoms with Gasteiger partial charge in [-0.1, -0.05) is 0 Å². The first-order chi connectivity index (χ1) is 5.92. The Balaban J connectivity index is 2.24. The Morgan fingerprint density at radius 3 is 3.42 bits per heavy atom. The van der Waals surface area contributed by atoms with E-state index in [1.54, 1.807) is 6.33 Å². The molecule has 0 aliphatic heterocycles. The van der Waals surface area contributed by atoms with Crippen LogP contribution in [0.25, 0.3) is 0 Å². The molecule has 64 valence electrons. The molecule has 0 saturated heterocycles. The monoisotopic (exact) mass is 163 g/mol. The van der Waals surface area contributed by atoms with Crippen LogP contribution in [-0.4, -0.2) is 23.6 Å². The van der Waals surface area contributed by atoms with Crippen molar-refractivity contribution < 1.29 is 0 Å². The molecule has 1 heterocycles. The summed E-state index contributed by atoms with van der Waals surface area (Å²) >= 11 is 0. The number of nitrogens with one attached hydrogen (secondary N) is 1. The summed E-state index contributed by atoms with van der Waals surface area (Å²) in [5.74, 6) is 0.605. The summed E-state index contributed by atoms with van der Waals surface area (Å²) in [5.41, 5.74) is 2.58. The first-order valence-electron chi connectivity index (χ1n) is 4.35. The predicted octanol–water partition coefficient (Wildman–Crippen LogP) is 0.726. The van der Waals surface area contributed by atoms with Crippen LogP contribution in [0.3, 0.4) is 0 Å². The summed E-state index contributed by atoms with van der Waals surface area (Å²) in [6.45, 7) is 1.03. The summed E-state index contributed by atoms with van der Waals surface area (Å²) < 4.78 is 0. The van der Waals surface area contributed by atoms with E-state index in [9.17, 15) is 0 Å². The highest BCUT2D eigenvalue weighted by molar-refractivity contribution is 5.26. The lowest BCUT2D eigenvalue weighted by molar-refractivity contribution is 0.612. The van der Waals surface area contributed by atoms with Crippen molar-refractivity contribution >= 4 is 0 Å². The van der Waals surface area contributed by atoms with Gasteiger partial charge in [-0.2, -0.15) is 0 Å². The molecule has 12 heavy (non-hydrogen) atoms. The number of nitrogens with zero attached hydrogens (tertiary/aromatic N) is 2. The molecule has 3 nitrogen and oxygen atoms in total. The third-order valence-corrected chi connectivity index (χ3v) is 2.42. The Morgan fingerprint density at radius 1 is 1.67 bits per heavy atom. The molecule has 0 bridgehead atoms. The fourth-order valence-electron chi connectivity index (χ4n) is 1.84. The Kier molecular flexibility index (Phi) is 2.04. The molecule has 0 spiro atoms. The van der Waals surface area contributed by atoms with E-state index in [2.05, 4.69) is 15.3 Å². The molecule has 1 aromatic rings. The Morgan fingerprint density at radius 2 is 2.58 bits per heavy atom. The van der Waals surface area contributed by atoms with E-state index in [1.165, 1.54) is 17.7 Å². The number of rotatable bonds is 2. The van der Waals surface area contributed by atoms with Gasteiger partial charge in [-0.05, 0) is 25.5 Å². The summed E-state index contributed by atoms with van der Waals surface area (Å²) in [7, 11) is 1.99. The molecule has 0 aromatic carbocycles. The largest absolute Gasteiger partial charge is 0.319 e. The number of aryl methyl sites for hydroxylation is 1. The lowest BCUT2D eigenvalue weighted by atomic mass is 10.1. The summed E-state index contributed by atoms with van der Waals surface area (Å²) in [4.78, 5) is 8.33. The Labute approximate surface area is 72.2 Å². The van der Waals surface area contributed by atoms with Gasteiger partial charge >= 0.3 is 0 Å². The quantitative estimate of drug-likeness (QED) is 0.698. The second-order valence-corrected chi connectivity index (χ2v) is 3.23. The molecule has 1 aliphatic carbocycles. The van der Waals surface area contributed by atoms with Gasteiger partial charge < -0.3 is 5.32 Å². The first-order valence-corrected chi connectivity index (χ1v) is 4.35. The summed E-state index contributed by atoms with van der Waals surface area (Å²) in [6, 6.07) is 0. The van der Waals surface area contributed by atoms with Crippen molar-refractivity contribution in [2.45, 2.75) is 18.8 Å². The van der Waals surface area contributed by atoms with Crippen molar-refractivity contribution in [3.8, 4) is 0 Å². The van der Waals surface area contributed by atoms with Gasteiger partial charge in [0.25, 0.3) is 0 Å². The predicted molar refractivity (Wildman–Crippen MR) is 47.0 cm³/mol. The average Bonchev–Trinajstić information content (AvgIpc) is 2.50. The molecule has 0 saturated carbocycles. The van der Waals surface area contributed by atoms with Gasteiger partial charge in [0, 0.05) is 18.7 Å². The molecular formula is C9H13N3. The maximum Gasteiger partial charge on any atom is 0.115 e. The lowest BCUT2D eigenvalue weighted by Crippen LogP contribution is -2.15. The van der Waals surface area contributed by atoms with Crippen LogP contribution in [0.1, 0.15) is 23.6 Å². The molecule has 3 heteroatoms. The second-order valence-electron chi connectivity index (χ2n) is 3.23. The van der Waals surface area contributed by atoms with Gasteiger partial charge in [0.1, 0.15) is 6.33 Å². The van der Waals surface area contributed by atoms with Crippen LogP contribution >= 0.6 is 0 Å². The van der Waals surface area contributed by atoms with E-state index < -0.39 is 0 Å². The van der Waals surface area contributed by atoms with Gasteiger partial charge in [0.15, 0.2) is 0 Å². The van der Waals surface area contributed by atoms with Crippen LogP contribution < -0.4 is 5.32 Å². The van der Waals surface area contributed by atoms with Crippen LogP contribution in [0, 0.1) is 0 Å². The van der Waals surface area contributed by atoms with E-state index >= 15 is 0 Å². The summed E-state index contributed by atoms with van der Waals surface area (Å²) in [6.07, 6.45) is 5.95. The van der Waals surface area contributed by atoms with Crippen molar-refractivity contribution in [2.24, 2.45) is 0 Å². The maximum absolute atomic E-state index is 4.31. The van der Waals surface area contributed by atoms with E-state index in [1.807, 2.05) is 13.2 Å². The SMILES string of the molecule is CNCC1CCc2cncnc21. The number of fused-ring (bicyclic) bond motifs is 1. The first kappa shape index (κ1) is 7.68. The number of hydrogen-bond donors (Lipinski definition) is 1. The van der Waals surface area contributed by atoms with Crippen LogP contribution in [0.4, 0.5) is 0 Å². The van der Waals surface area contributed by atoms with E-state index in [4.69, 9.17) is 0 Å². The fraction of sp³-hybridized carbons (Fsp3) is 0.556. The molecule has 1 atom stereocenters. The van der Waals surface area contributed by atoms with Crippen LogP contribution in [-0.2, 0) is 6.42 Å². The minimum Gasteiger partial charge on any atom is -0.319 e. The molecule has 1 aromatic heterocycles. The topological polar surface area (TPSA) is 37.8 Å². The highest BCUT2D eigenvalue weighted by Crippen LogP contribution is 2.29. The zero-order chi connectivity index (χ0) is 8.39. The summed E-state index contributed by atoms with van der Waals surface area (Å²) in [5, 5.41) is 3.19. The van der Waals surface area contributed by atoms with Crippen LogP contribution in [0.15, 0.2) is 12.5 Å². The number of hydrogen-bond acceptors (Lipinski definition) is 3. The lowest BCUT2D eigenvalue weighted by Gasteiger charge is -2.07. The van der Waals surface area contributed by atoms with Crippen LogP contribution in [0.5, 0.6) is 0 Å². The van der Waals surface area contributed by atoms with Gasteiger partial charge in [0.05, 0.1) is 5.69 Å². The zero-order valence-electron chi connectivity index (χ0n) is 7.25. The third kappa shape index (κ3) is 1.20. The highest BCUT2D eigenvalue weighted by atomic mass is 14.9. The normalized spacial score (nSPS) is 20.9. The minimum absolute atomic E-state index is 0.605. The molecule has 1 N–H and O–H groups in total. The molecule has 2 rings (SSSR count). The zero-order valence-corrected chi connectivity index (χ0v) is 7.25. The Hall–Kier alpha value is -0.960. The molecular weight excluding hydrogens is 150 g/mol. The van der Waals surface area contributed by atoms with Gasteiger partial charge in [-0.25, -0.2) is 9.97 Å². The average molecular weight is 163 g/mol. The number of aromatic nitrogens is 2. The molecule has 0 radical (unpaired) electrons. The fourth-order valence-corrected chi connectivity index (χ4v) is 1.84. The van der Waals surface area contributed by atoms with Crippen LogP contribution in [0.2, 0.25) is 0 Å².